The van der Waals surface area contributed by atoms with Gasteiger partial charge in [0.25, 0.3) is 0 Å². The van der Waals surface area contributed by atoms with Crippen molar-refractivity contribution in [1.29, 1.82) is 0 Å². The lowest BCUT2D eigenvalue weighted by Crippen LogP contribution is -2.19. The van der Waals surface area contributed by atoms with Gasteiger partial charge in [0.15, 0.2) is 0 Å². The van der Waals surface area contributed by atoms with Gasteiger partial charge in [-0.2, -0.15) is 5.10 Å². The third-order valence-electron chi connectivity index (χ3n) is 4.49. The van der Waals surface area contributed by atoms with Crippen LogP contribution < -0.4 is 5.32 Å². The molecular weight excluding hydrogens is 314 g/mol. The van der Waals surface area contributed by atoms with Gasteiger partial charge in [0, 0.05) is 5.69 Å². The average molecular weight is 337 g/mol. The number of nitrogens with one attached hydrogen (secondary N) is 1. The number of anilines is 1. The van der Waals surface area contributed by atoms with Crippen LogP contribution in [0.4, 0.5) is 5.69 Å². The molecule has 1 N–H and O–H groups in total. The number of benzene rings is 1. The van der Waals surface area contributed by atoms with Gasteiger partial charge in [-0.05, 0) is 46.8 Å². The molecule has 2 heterocycles. The summed E-state index contributed by atoms with van der Waals surface area (Å²) in [7, 11) is 0. The van der Waals surface area contributed by atoms with Crippen LogP contribution in [0.3, 0.4) is 0 Å². The minimum atomic E-state index is -0.0878. The monoisotopic (exact) mass is 337 g/mol. The largest absolute Gasteiger partial charge is 0.325 e. The van der Waals surface area contributed by atoms with E-state index in [4.69, 9.17) is 0 Å². The first kappa shape index (κ1) is 17.0. The minimum Gasteiger partial charge on any atom is -0.325 e. The van der Waals surface area contributed by atoms with E-state index in [1.807, 2.05) is 61.2 Å². The predicted molar refractivity (Wildman–Crippen MR) is 98.1 cm³/mol. The summed E-state index contributed by atoms with van der Waals surface area (Å²) in [4.78, 5) is 16.7. The summed E-state index contributed by atoms with van der Waals surface area (Å²) in [5.74, 6) is -0.0878. The summed E-state index contributed by atoms with van der Waals surface area (Å²) in [5.41, 5.74) is 6.59. The Kier molecular flexibility index (Phi) is 4.44. The van der Waals surface area contributed by atoms with Gasteiger partial charge in [-0.3, -0.25) is 4.79 Å². The first-order valence-electron chi connectivity index (χ1n) is 8.28. The zero-order valence-electron chi connectivity index (χ0n) is 15.3. The van der Waals surface area contributed by atoms with Crippen LogP contribution in [0.25, 0.3) is 5.69 Å². The molecule has 0 saturated heterocycles. The van der Waals surface area contributed by atoms with Gasteiger partial charge in [0.2, 0.25) is 5.91 Å². The predicted octanol–water partition coefficient (Wildman–Crippen LogP) is 3.25. The topological polar surface area (TPSA) is 64.7 Å². The van der Waals surface area contributed by atoms with E-state index in [2.05, 4.69) is 22.3 Å². The van der Waals surface area contributed by atoms with Gasteiger partial charge >= 0.3 is 0 Å². The summed E-state index contributed by atoms with van der Waals surface area (Å²) in [6.45, 7) is 10.0. The van der Waals surface area contributed by atoms with Crippen LogP contribution in [0.1, 0.15) is 28.3 Å². The van der Waals surface area contributed by atoms with E-state index >= 15 is 0 Å². The smallest absolute Gasteiger partial charge is 0.244 e. The number of carbonyl (C=O) groups excluding carboxylic acids is 1. The molecule has 0 saturated carbocycles. The van der Waals surface area contributed by atoms with Crippen molar-refractivity contribution in [3.63, 3.8) is 0 Å². The molecule has 1 amide bonds. The lowest BCUT2D eigenvalue weighted by molar-refractivity contribution is -0.116. The van der Waals surface area contributed by atoms with Crippen LogP contribution in [-0.2, 0) is 11.3 Å². The Labute approximate surface area is 147 Å². The zero-order chi connectivity index (χ0) is 18.1. The highest BCUT2D eigenvalue weighted by Crippen LogP contribution is 2.23. The van der Waals surface area contributed by atoms with Gasteiger partial charge in [-0.15, -0.1) is 0 Å². The lowest BCUT2D eigenvalue weighted by Gasteiger charge is -2.09. The third kappa shape index (κ3) is 3.33. The Balaban J connectivity index is 1.82. The second kappa shape index (κ2) is 6.55. The molecule has 0 bridgehead atoms. The zero-order valence-corrected chi connectivity index (χ0v) is 15.3. The number of imidazole rings is 1. The molecule has 3 rings (SSSR count). The number of aryl methyl sites for hydroxylation is 3. The number of hydrogen-bond acceptors (Lipinski definition) is 3. The van der Waals surface area contributed by atoms with Crippen LogP contribution in [0, 0.1) is 34.6 Å². The van der Waals surface area contributed by atoms with E-state index in [-0.39, 0.29) is 12.5 Å². The molecule has 0 atom stereocenters. The van der Waals surface area contributed by atoms with E-state index in [0.717, 1.165) is 34.2 Å². The van der Waals surface area contributed by atoms with E-state index in [9.17, 15) is 4.79 Å². The SMILES string of the molecule is Cc1ccc(-n2nc(C)c(NC(=O)Cn3cnc(C)c3C)c2C)cc1. The molecule has 25 heavy (non-hydrogen) atoms. The molecule has 0 aliphatic carbocycles. The molecule has 0 aliphatic rings. The molecule has 0 fully saturated rings. The second-order valence-electron chi connectivity index (χ2n) is 6.38. The summed E-state index contributed by atoms with van der Waals surface area (Å²) < 4.78 is 3.71. The highest BCUT2D eigenvalue weighted by Gasteiger charge is 2.16. The fraction of sp³-hybridized carbons (Fsp3) is 0.316. The maximum Gasteiger partial charge on any atom is 0.244 e. The summed E-state index contributed by atoms with van der Waals surface area (Å²) >= 11 is 0. The number of carbonyl (C=O) groups is 1. The summed E-state index contributed by atoms with van der Waals surface area (Å²) in [5, 5.41) is 7.57. The molecule has 0 spiro atoms. The van der Waals surface area contributed by atoms with Crippen LogP contribution in [-0.4, -0.2) is 25.2 Å². The van der Waals surface area contributed by atoms with Crippen molar-refractivity contribution in [2.75, 3.05) is 5.32 Å². The van der Waals surface area contributed by atoms with E-state index < -0.39 is 0 Å². The van der Waals surface area contributed by atoms with Crippen molar-refractivity contribution in [3.05, 3.63) is 58.9 Å². The van der Waals surface area contributed by atoms with Gasteiger partial charge in [0.05, 0.1) is 34.8 Å². The number of rotatable bonds is 4. The number of amides is 1. The van der Waals surface area contributed by atoms with Crippen molar-refractivity contribution >= 4 is 11.6 Å². The average Bonchev–Trinajstić information content (AvgIpc) is 3.03. The Morgan fingerprint density at radius 2 is 1.68 bits per heavy atom. The molecule has 0 radical (unpaired) electrons. The van der Waals surface area contributed by atoms with Crippen molar-refractivity contribution in [3.8, 4) is 5.69 Å². The molecule has 2 aromatic heterocycles. The first-order valence-corrected chi connectivity index (χ1v) is 8.28. The van der Waals surface area contributed by atoms with Gasteiger partial charge in [0.1, 0.15) is 6.54 Å². The highest BCUT2D eigenvalue weighted by atomic mass is 16.2. The standard InChI is InChI=1S/C19H23N5O/c1-12-6-8-17(9-7-12)24-16(5)19(14(3)22-24)21-18(25)10-23-11-20-13(2)15(23)4/h6-9,11H,10H2,1-5H3,(H,21,25). The van der Waals surface area contributed by atoms with E-state index in [1.54, 1.807) is 6.33 Å². The summed E-state index contributed by atoms with van der Waals surface area (Å²) in [6, 6.07) is 8.15. The quantitative estimate of drug-likeness (QED) is 0.795. The Hall–Kier alpha value is -2.89. The number of aromatic nitrogens is 4. The van der Waals surface area contributed by atoms with E-state index in [0.29, 0.717) is 0 Å². The molecule has 0 aliphatic heterocycles. The second-order valence-corrected chi connectivity index (χ2v) is 6.38. The van der Waals surface area contributed by atoms with Crippen LogP contribution in [0.15, 0.2) is 30.6 Å². The van der Waals surface area contributed by atoms with Crippen molar-refractivity contribution in [2.45, 2.75) is 41.2 Å². The van der Waals surface area contributed by atoms with Crippen molar-refractivity contribution in [2.24, 2.45) is 0 Å². The maximum absolute atomic E-state index is 12.4. The molecule has 130 valence electrons. The summed E-state index contributed by atoms with van der Waals surface area (Å²) in [6.07, 6.45) is 1.69. The van der Waals surface area contributed by atoms with Gasteiger partial charge in [-0.1, -0.05) is 17.7 Å². The third-order valence-corrected chi connectivity index (χ3v) is 4.49. The van der Waals surface area contributed by atoms with Gasteiger partial charge in [-0.25, -0.2) is 9.67 Å². The van der Waals surface area contributed by atoms with Crippen molar-refractivity contribution in [1.82, 2.24) is 19.3 Å². The van der Waals surface area contributed by atoms with Crippen LogP contribution in [0.2, 0.25) is 0 Å². The minimum absolute atomic E-state index is 0.0878. The molecule has 1 aromatic carbocycles. The highest BCUT2D eigenvalue weighted by molar-refractivity contribution is 5.91. The van der Waals surface area contributed by atoms with Crippen LogP contribution >= 0.6 is 0 Å². The Morgan fingerprint density at radius 1 is 1.00 bits per heavy atom. The maximum atomic E-state index is 12.4. The number of hydrogen-bond donors (Lipinski definition) is 1. The van der Waals surface area contributed by atoms with Gasteiger partial charge < -0.3 is 9.88 Å². The first-order chi connectivity index (χ1) is 11.9. The normalized spacial score (nSPS) is 10.9. The fourth-order valence-corrected chi connectivity index (χ4v) is 2.80. The molecule has 6 nitrogen and oxygen atoms in total. The van der Waals surface area contributed by atoms with E-state index in [1.165, 1.54) is 5.56 Å². The molecule has 0 unspecified atom stereocenters. The molecule has 3 aromatic rings. The lowest BCUT2D eigenvalue weighted by atomic mass is 10.2. The Bertz CT molecular complexity index is 918. The molecular formula is C19H23N5O. The Morgan fingerprint density at radius 3 is 2.28 bits per heavy atom. The van der Waals surface area contributed by atoms with Crippen molar-refractivity contribution < 1.29 is 4.79 Å². The molecule has 6 heteroatoms. The van der Waals surface area contributed by atoms with Crippen LogP contribution in [0.5, 0.6) is 0 Å². The number of nitrogens with zero attached hydrogens (tertiary/aromatic N) is 4. The fourth-order valence-electron chi connectivity index (χ4n) is 2.80.